The van der Waals surface area contributed by atoms with Crippen LogP contribution in [0.3, 0.4) is 0 Å². The number of fused-ring (bicyclic) bond motifs is 7. The van der Waals surface area contributed by atoms with Gasteiger partial charge in [0.1, 0.15) is 0 Å². The van der Waals surface area contributed by atoms with E-state index < -0.39 is 0 Å². The van der Waals surface area contributed by atoms with Crippen LogP contribution in [0.4, 0.5) is 0 Å². The fourth-order valence-corrected chi connectivity index (χ4v) is 8.69. The third kappa shape index (κ3) is 5.07. The normalized spacial score (nSPS) is 11.6. The van der Waals surface area contributed by atoms with Crippen LogP contribution < -0.4 is 0 Å². The number of pyridine rings is 1. The summed E-state index contributed by atoms with van der Waals surface area (Å²) in [4.78, 5) is 5.20. The summed E-state index contributed by atoms with van der Waals surface area (Å²) in [5.41, 5.74) is 12.9. The molecule has 0 saturated carbocycles. The van der Waals surface area contributed by atoms with Crippen LogP contribution >= 0.6 is 0 Å². The molecule has 0 radical (unpaired) electrons. The Kier molecular flexibility index (Phi) is 7.21. The molecule has 0 amide bonds. The van der Waals surface area contributed by atoms with Crippen molar-refractivity contribution in [2.45, 2.75) is 0 Å². The van der Waals surface area contributed by atoms with E-state index in [1.165, 1.54) is 76.4 Å². The summed E-state index contributed by atoms with van der Waals surface area (Å²) in [6, 6.07) is 72.3. The molecule has 0 aliphatic heterocycles. The molecule has 0 atom stereocenters. The standard InChI is InChI=1S/C53H34N2/c1-3-13-35(14-4-1)36-23-25-38(26-24-36)51-43-19-9-11-21-45(43)52(46-22-12-10-20-44(46)51)49-31-28-40(34-54-49)39-29-32-50-48(33-39)47-30-27-37-15-7-8-18-42(37)53(47)55(50)41-16-5-2-6-17-41/h1-34H. The molecule has 55 heavy (non-hydrogen) atoms. The summed E-state index contributed by atoms with van der Waals surface area (Å²) < 4.78 is 2.41. The minimum absolute atomic E-state index is 0.968. The second-order valence-electron chi connectivity index (χ2n) is 14.3. The van der Waals surface area contributed by atoms with Gasteiger partial charge < -0.3 is 4.57 Å². The molecule has 0 unspecified atom stereocenters. The summed E-state index contributed by atoms with van der Waals surface area (Å²) in [7, 11) is 0. The molecule has 2 nitrogen and oxygen atoms in total. The Morgan fingerprint density at radius 2 is 0.873 bits per heavy atom. The lowest BCUT2D eigenvalue weighted by molar-refractivity contribution is 1.19. The van der Waals surface area contributed by atoms with Crippen LogP contribution in [0.15, 0.2) is 206 Å². The molecule has 0 fully saturated rings. The van der Waals surface area contributed by atoms with Crippen LogP contribution in [0.1, 0.15) is 0 Å². The smallest absolute Gasteiger partial charge is 0.0714 e. The Morgan fingerprint density at radius 1 is 0.327 bits per heavy atom. The number of rotatable bonds is 5. The van der Waals surface area contributed by atoms with E-state index in [0.717, 1.165) is 28.1 Å². The maximum absolute atomic E-state index is 5.20. The first-order valence-corrected chi connectivity index (χ1v) is 18.9. The van der Waals surface area contributed by atoms with Gasteiger partial charge in [-0.25, -0.2) is 0 Å². The topological polar surface area (TPSA) is 17.8 Å². The lowest BCUT2D eigenvalue weighted by Gasteiger charge is -2.17. The highest BCUT2D eigenvalue weighted by atomic mass is 15.0. The maximum Gasteiger partial charge on any atom is 0.0714 e. The van der Waals surface area contributed by atoms with Gasteiger partial charge in [0, 0.05) is 39.2 Å². The summed E-state index contributed by atoms with van der Waals surface area (Å²) in [5, 5.41) is 9.82. The number of hydrogen-bond acceptors (Lipinski definition) is 1. The lowest BCUT2D eigenvalue weighted by atomic mass is 9.87. The molecular formula is C53H34N2. The van der Waals surface area contributed by atoms with Crippen LogP contribution in [0.2, 0.25) is 0 Å². The predicted molar refractivity (Wildman–Crippen MR) is 233 cm³/mol. The average Bonchev–Trinajstić information content (AvgIpc) is 3.60. The van der Waals surface area contributed by atoms with Gasteiger partial charge in [-0.3, -0.25) is 4.98 Å². The van der Waals surface area contributed by atoms with Gasteiger partial charge in [0.15, 0.2) is 0 Å². The second-order valence-corrected chi connectivity index (χ2v) is 14.3. The van der Waals surface area contributed by atoms with E-state index in [1.807, 2.05) is 6.20 Å². The van der Waals surface area contributed by atoms with Crippen LogP contribution in [0.5, 0.6) is 0 Å². The van der Waals surface area contributed by atoms with Crippen molar-refractivity contribution in [1.29, 1.82) is 0 Å². The first kappa shape index (κ1) is 31.3. The molecule has 2 heteroatoms. The minimum atomic E-state index is 0.968. The Labute approximate surface area is 319 Å². The fraction of sp³-hybridized carbons (Fsp3) is 0. The van der Waals surface area contributed by atoms with Crippen LogP contribution in [-0.2, 0) is 0 Å². The minimum Gasteiger partial charge on any atom is -0.309 e. The fourth-order valence-electron chi connectivity index (χ4n) is 8.69. The van der Waals surface area contributed by atoms with Crippen molar-refractivity contribution in [3.63, 3.8) is 0 Å². The zero-order valence-electron chi connectivity index (χ0n) is 30.0. The van der Waals surface area contributed by atoms with Gasteiger partial charge >= 0.3 is 0 Å². The van der Waals surface area contributed by atoms with Crippen molar-refractivity contribution in [2.24, 2.45) is 0 Å². The molecule has 9 aromatic carbocycles. The molecule has 2 aromatic heterocycles. The van der Waals surface area contributed by atoms with Gasteiger partial charge in [-0.05, 0) is 85.1 Å². The van der Waals surface area contributed by atoms with Gasteiger partial charge in [0.25, 0.3) is 0 Å². The van der Waals surface area contributed by atoms with Crippen molar-refractivity contribution in [3.05, 3.63) is 206 Å². The molecule has 0 bridgehead atoms. The van der Waals surface area contributed by atoms with Crippen molar-refractivity contribution in [1.82, 2.24) is 9.55 Å². The number of para-hydroxylation sites is 1. The van der Waals surface area contributed by atoms with Crippen molar-refractivity contribution in [2.75, 3.05) is 0 Å². The first-order valence-electron chi connectivity index (χ1n) is 18.9. The highest BCUT2D eigenvalue weighted by Crippen LogP contribution is 2.44. The molecule has 0 saturated heterocycles. The number of hydrogen-bond donors (Lipinski definition) is 0. The van der Waals surface area contributed by atoms with E-state index in [0.29, 0.717) is 0 Å². The molecule has 11 rings (SSSR count). The highest BCUT2D eigenvalue weighted by molar-refractivity contribution is 6.21. The Morgan fingerprint density at radius 3 is 1.55 bits per heavy atom. The molecule has 0 N–H and O–H groups in total. The van der Waals surface area contributed by atoms with Gasteiger partial charge in [-0.15, -0.1) is 0 Å². The zero-order valence-corrected chi connectivity index (χ0v) is 30.0. The summed E-state index contributed by atoms with van der Waals surface area (Å²) >= 11 is 0. The van der Waals surface area contributed by atoms with Crippen LogP contribution in [0, 0.1) is 0 Å². The third-order valence-electron chi connectivity index (χ3n) is 11.2. The Balaban J connectivity index is 1.04. The molecule has 0 aliphatic rings. The second kappa shape index (κ2) is 12.7. The average molecular weight is 699 g/mol. The van der Waals surface area contributed by atoms with Gasteiger partial charge in [-0.2, -0.15) is 0 Å². The Bertz CT molecular complexity index is 3160. The summed E-state index contributed by atoms with van der Waals surface area (Å²) in [6.45, 7) is 0. The van der Waals surface area contributed by atoms with Gasteiger partial charge in [0.2, 0.25) is 0 Å². The number of nitrogens with zero attached hydrogens (tertiary/aromatic N) is 2. The Hall–Kier alpha value is -7.29. The SMILES string of the molecule is c1ccc(-c2ccc(-c3c4ccccc4c(-c4ccc(-c5ccc6c(c5)c5ccc7ccccc7c5n6-c5ccccc5)cn4)c4ccccc34)cc2)cc1. The first-order chi connectivity index (χ1) is 27.3. The van der Waals surface area contributed by atoms with Crippen LogP contribution in [0.25, 0.3) is 104 Å². The largest absolute Gasteiger partial charge is 0.309 e. The molecule has 2 heterocycles. The summed E-state index contributed by atoms with van der Waals surface area (Å²) in [6.07, 6.45) is 2.04. The van der Waals surface area contributed by atoms with E-state index in [1.54, 1.807) is 0 Å². The lowest BCUT2D eigenvalue weighted by Crippen LogP contribution is -1.94. The molecule has 0 aliphatic carbocycles. The number of aromatic nitrogens is 2. The quantitative estimate of drug-likeness (QED) is 0.164. The highest BCUT2D eigenvalue weighted by Gasteiger charge is 2.19. The van der Waals surface area contributed by atoms with Crippen molar-refractivity contribution in [3.8, 4) is 50.3 Å². The van der Waals surface area contributed by atoms with Crippen molar-refractivity contribution < 1.29 is 0 Å². The van der Waals surface area contributed by atoms with Crippen molar-refractivity contribution >= 4 is 54.1 Å². The van der Waals surface area contributed by atoms with E-state index in [2.05, 4.69) is 205 Å². The monoisotopic (exact) mass is 698 g/mol. The maximum atomic E-state index is 5.20. The zero-order chi connectivity index (χ0) is 36.3. The van der Waals surface area contributed by atoms with E-state index >= 15 is 0 Å². The van der Waals surface area contributed by atoms with E-state index in [-0.39, 0.29) is 0 Å². The van der Waals surface area contributed by atoms with Crippen LogP contribution in [-0.4, -0.2) is 9.55 Å². The number of benzene rings is 9. The predicted octanol–water partition coefficient (Wildman–Crippen LogP) is 14.3. The molecule has 11 aromatic rings. The van der Waals surface area contributed by atoms with Gasteiger partial charge in [0.05, 0.1) is 16.7 Å². The van der Waals surface area contributed by atoms with Gasteiger partial charge in [-0.1, -0.05) is 170 Å². The van der Waals surface area contributed by atoms with E-state index in [4.69, 9.17) is 4.98 Å². The molecular weight excluding hydrogens is 665 g/mol. The molecule has 256 valence electrons. The van der Waals surface area contributed by atoms with E-state index in [9.17, 15) is 0 Å². The third-order valence-corrected chi connectivity index (χ3v) is 11.2. The summed E-state index contributed by atoms with van der Waals surface area (Å²) in [5.74, 6) is 0. The molecule has 0 spiro atoms.